The fourth-order valence-electron chi connectivity index (χ4n) is 2.10. The van der Waals surface area contributed by atoms with Crippen LogP contribution in [0.4, 0.5) is 5.69 Å². The molecule has 1 aromatic carbocycles. The Morgan fingerprint density at radius 2 is 1.87 bits per heavy atom. The molecule has 0 heterocycles. The molecule has 23 heavy (non-hydrogen) atoms. The lowest BCUT2D eigenvalue weighted by Gasteiger charge is -2.18. The van der Waals surface area contributed by atoms with E-state index in [2.05, 4.69) is 15.3 Å². The fraction of sp³-hybridized carbons (Fsp3) is 0.294. The quantitative estimate of drug-likeness (QED) is 0.587. The molecule has 0 saturated heterocycles. The molecule has 5 N–H and O–H groups in total. The van der Waals surface area contributed by atoms with Crippen LogP contribution in [0.5, 0.6) is 0 Å². The highest BCUT2D eigenvalue weighted by Gasteiger charge is 2.09. The van der Waals surface area contributed by atoms with Gasteiger partial charge in [-0.3, -0.25) is 0 Å². The van der Waals surface area contributed by atoms with E-state index in [1.807, 2.05) is 56.3 Å². The first-order chi connectivity index (χ1) is 11.0. The second kappa shape index (κ2) is 8.03. The molecule has 1 aliphatic rings. The summed E-state index contributed by atoms with van der Waals surface area (Å²) >= 11 is 0. The SMILES string of the molecule is CC(C)OC1=CC=C(NC(N)=NC(N)=Nc2ccccc2)CC1. The Bertz CT molecular complexity index is 644. The summed E-state index contributed by atoms with van der Waals surface area (Å²) in [6.07, 6.45) is 5.71. The van der Waals surface area contributed by atoms with E-state index in [1.54, 1.807) is 0 Å². The molecular formula is C17H23N5O. The zero-order chi connectivity index (χ0) is 16.7. The van der Waals surface area contributed by atoms with Gasteiger partial charge in [-0.2, -0.15) is 4.99 Å². The summed E-state index contributed by atoms with van der Waals surface area (Å²) in [6, 6.07) is 9.36. The molecule has 1 aliphatic carbocycles. The topological polar surface area (TPSA) is 98.0 Å². The predicted octanol–water partition coefficient (Wildman–Crippen LogP) is 2.52. The van der Waals surface area contributed by atoms with Crippen molar-refractivity contribution in [2.75, 3.05) is 0 Å². The molecule has 0 aliphatic heterocycles. The predicted molar refractivity (Wildman–Crippen MR) is 94.1 cm³/mol. The number of aliphatic imine (C=N–C) groups is 2. The summed E-state index contributed by atoms with van der Waals surface area (Å²) in [5.74, 6) is 1.30. The van der Waals surface area contributed by atoms with Gasteiger partial charge in [0.25, 0.3) is 0 Å². The summed E-state index contributed by atoms with van der Waals surface area (Å²) < 4.78 is 5.66. The van der Waals surface area contributed by atoms with Crippen LogP contribution in [0, 0.1) is 0 Å². The minimum Gasteiger partial charge on any atom is -0.495 e. The Balaban J connectivity index is 1.96. The van der Waals surface area contributed by atoms with Crippen molar-refractivity contribution in [1.82, 2.24) is 5.32 Å². The lowest BCUT2D eigenvalue weighted by atomic mass is 10.1. The van der Waals surface area contributed by atoms with Crippen molar-refractivity contribution in [3.05, 3.63) is 53.9 Å². The molecule has 122 valence electrons. The maximum Gasteiger partial charge on any atom is 0.223 e. The zero-order valence-electron chi connectivity index (χ0n) is 13.5. The summed E-state index contributed by atoms with van der Waals surface area (Å²) in [7, 11) is 0. The van der Waals surface area contributed by atoms with E-state index in [0.29, 0.717) is 0 Å². The van der Waals surface area contributed by atoms with Gasteiger partial charge in [0.2, 0.25) is 11.9 Å². The second-order valence-corrected chi connectivity index (χ2v) is 5.42. The zero-order valence-corrected chi connectivity index (χ0v) is 13.5. The van der Waals surface area contributed by atoms with E-state index < -0.39 is 0 Å². The third-order valence-electron chi connectivity index (χ3n) is 3.02. The van der Waals surface area contributed by atoms with Gasteiger partial charge in [-0.1, -0.05) is 18.2 Å². The Labute approximate surface area is 136 Å². The van der Waals surface area contributed by atoms with Gasteiger partial charge in [0.15, 0.2) is 0 Å². The third kappa shape index (κ3) is 5.86. The van der Waals surface area contributed by atoms with Crippen molar-refractivity contribution in [2.45, 2.75) is 32.8 Å². The molecule has 1 aromatic rings. The number of rotatable bonds is 4. The van der Waals surface area contributed by atoms with Crippen molar-refractivity contribution >= 4 is 17.6 Å². The number of nitrogens with zero attached hydrogens (tertiary/aromatic N) is 2. The maximum absolute atomic E-state index is 5.86. The van der Waals surface area contributed by atoms with E-state index in [0.717, 1.165) is 30.0 Å². The smallest absolute Gasteiger partial charge is 0.223 e. The number of nitrogens with one attached hydrogen (secondary N) is 1. The number of ether oxygens (including phenoxy) is 1. The molecule has 0 aromatic heterocycles. The van der Waals surface area contributed by atoms with Crippen LogP contribution in [0.3, 0.4) is 0 Å². The Kier molecular flexibility index (Phi) is 5.80. The van der Waals surface area contributed by atoms with Gasteiger partial charge in [-0.05, 0) is 44.6 Å². The van der Waals surface area contributed by atoms with Crippen LogP contribution in [-0.2, 0) is 4.74 Å². The molecule has 0 fully saturated rings. The highest BCUT2D eigenvalue weighted by molar-refractivity contribution is 5.95. The van der Waals surface area contributed by atoms with Crippen LogP contribution >= 0.6 is 0 Å². The first-order valence-corrected chi connectivity index (χ1v) is 7.59. The van der Waals surface area contributed by atoms with Crippen molar-refractivity contribution in [1.29, 1.82) is 0 Å². The van der Waals surface area contributed by atoms with Crippen LogP contribution in [0.2, 0.25) is 0 Å². The van der Waals surface area contributed by atoms with Crippen molar-refractivity contribution in [2.24, 2.45) is 21.5 Å². The lowest BCUT2D eigenvalue weighted by molar-refractivity contribution is 0.139. The molecule has 0 radical (unpaired) electrons. The van der Waals surface area contributed by atoms with E-state index in [-0.39, 0.29) is 18.0 Å². The van der Waals surface area contributed by atoms with Gasteiger partial charge in [0.1, 0.15) is 0 Å². The lowest BCUT2D eigenvalue weighted by Crippen LogP contribution is -2.33. The van der Waals surface area contributed by atoms with Gasteiger partial charge in [-0.25, -0.2) is 4.99 Å². The van der Waals surface area contributed by atoms with Crippen molar-refractivity contribution < 1.29 is 4.74 Å². The number of nitrogens with two attached hydrogens (primary N) is 2. The largest absolute Gasteiger partial charge is 0.495 e. The third-order valence-corrected chi connectivity index (χ3v) is 3.02. The second-order valence-electron chi connectivity index (χ2n) is 5.42. The monoisotopic (exact) mass is 313 g/mol. The first kappa shape index (κ1) is 16.6. The molecule has 2 rings (SSSR count). The number of guanidine groups is 2. The normalized spacial score (nSPS) is 16.0. The number of benzene rings is 1. The van der Waals surface area contributed by atoms with Gasteiger partial charge in [0, 0.05) is 12.1 Å². The minimum atomic E-state index is 0.108. The van der Waals surface area contributed by atoms with Crippen LogP contribution in [0.25, 0.3) is 0 Å². The van der Waals surface area contributed by atoms with Crippen LogP contribution in [0.1, 0.15) is 26.7 Å². The molecule has 6 heteroatoms. The Hall–Kier alpha value is -2.76. The standard InChI is InChI=1S/C17H23N5O/c1-12(2)23-15-10-8-14(9-11-15)21-17(19)22-16(18)20-13-6-4-3-5-7-13/h3-8,10,12H,9,11H2,1-2H3,(H5,18,19,20,21,22). The van der Waals surface area contributed by atoms with E-state index in [4.69, 9.17) is 16.2 Å². The van der Waals surface area contributed by atoms with Crippen LogP contribution in [-0.4, -0.2) is 18.0 Å². The van der Waals surface area contributed by atoms with Crippen LogP contribution in [0.15, 0.2) is 63.9 Å². The summed E-state index contributed by atoms with van der Waals surface area (Å²) in [4.78, 5) is 8.22. The highest BCUT2D eigenvalue weighted by atomic mass is 16.5. The summed E-state index contributed by atoms with van der Waals surface area (Å²) in [5, 5.41) is 3.04. The fourth-order valence-corrected chi connectivity index (χ4v) is 2.10. The number of allylic oxidation sites excluding steroid dienone is 4. The molecule has 0 atom stereocenters. The average molecular weight is 313 g/mol. The van der Waals surface area contributed by atoms with Crippen LogP contribution < -0.4 is 16.8 Å². The summed E-state index contributed by atoms with van der Waals surface area (Å²) in [5.41, 5.74) is 13.3. The first-order valence-electron chi connectivity index (χ1n) is 7.59. The molecular weight excluding hydrogens is 290 g/mol. The molecule has 6 nitrogen and oxygen atoms in total. The van der Waals surface area contributed by atoms with Gasteiger partial charge < -0.3 is 21.5 Å². The van der Waals surface area contributed by atoms with Gasteiger partial charge in [0.05, 0.1) is 17.6 Å². The van der Waals surface area contributed by atoms with E-state index in [9.17, 15) is 0 Å². The maximum atomic E-state index is 5.86. The van der Waals surface area contributed by atoms with Crippen molar-refractivity contribution in [3.8, 4) is 0 Å². The van der Waals surface area contributed by atoms with Crippen molar-refractivity contribution in [3.63, 3.8) is 0 Å². The molecule has 0 spiro atoms. The molecule has 0 unspecified atom stereocenters. The molecule has 0 bridgehead atoms. The average Bonchev–Trinajstić information content (AvgIpc) is 2.49. The summed E-state index contributed by atoms with van der Waals surface area (Å²) in [6.45, 7) is 4.02. The Morgan fingerprint density at radius 3 is 2.48 bits per heavy atom. The van der Waals surface area contributed by atoms with E-state index in [1.165, 1.54) is 0 Å². The number of hydrogen-bond donors (Lipinski definition) is 3. The van der Waals surface area contributed by atoms with E-state index >= 15 is 0 Å². The molecule has 0 amide bonds. The number of hydrogen-bond acceptors (Lipinski definition) is 2. The highest BCUT2D eigenvalue weighted by Crippen LogP contribution is 2.18. The van der Waals surface area contributed by atoms with Gasteiger partial charge in [-0.15, -0.1) is 0 Å². The Morgan fingerprint density at radius 1 is 1.13 bits per heavy atom. The van der Waals surface area contributed by atoms with Gasteiger partial charge >= 0.3 is 0 Å². The molecule has 0 saturated carbocycles. The minimum absolute atomic E-state index is 0.108. The number of para-hydroxylation sites is 1.